The summed E-state index contributed by atoms with van der Waals surface area (Å²) in [5.41, 5.74) is 2.13. The Labute approximate surface area is 172 Å². The van der Waals surface area contributed by atoms with Crippen molar-refractivity contribution >= 4 is 17.3 Å². The van der Waals surface area contributed by atoms with E-state index in [-0.39, 0.29) is 0 Å². The Morgan fingerprint density at radius 2 is 1.69 bits per heavy atom. The lowest BCUT2D eigenvalue weighted by Crippen LogP contribution is -2.46. The standard InChI is InChI=1S/C23H27N5O/c1-2-27-12-14-28(15-13-27)23-16-22(24-18-25-23)26-20-8-10-21(11-9-20)29-17-19-6-4-3-5-7-19/h3-11,16,18H,2,12-15,17H2,1H3,(H,24,25,26). The molecule has 1 N–H and O–H groups in total. The van der Waals surface area contributed by atoms with Gasteiger partial charge in [0.05, 0.1) is 0 Å². The van der Waals surface area contributed by atoms with Gasteiger partial charge in [0, 0.05) is 37.9 Å². The summed E-state index contributed by atoms with van der Waals surface area (Å²) in [6.45, 7) is 8.03. The molecule has 4 rings (SSSR count). The Bertz CT molecular complexity index is 893. The third-order valence-electron chi connectivity index (χ3n) is 5.17. The SMILES string of the molecule is CCN1CCN(c2cc(Nc3ccc(OCc4ccccc4)cc3)ncn2)CC1. The summed E-state index contributed by atoms with van der Waals surface area (Å²) in [5.74, 6) is 2.61. The predicted octanol–water partition coefficient (Wildman–Crippen LogP) is 3.94. The molecule has 0 radical (unpaired) electrons. The molecule has 29 heavy (non-hydrogen) atoms. The highest BCUT2D eigenvalue weighted by atomic mass is 16.5. The number of nitrogens with one attached hydrogen (secondary N) is 1. The number of aromatic nitrogens is 2. The van der Waals surface area contributed by atoms with Crippen LogP contribution in [0.4, 0.5) is 17.3 Å². The highest BCUT2D eigenvalue weighted by molar-refractivity contribution is 5.60. The first-order valence-electron chi connectivity index (χ1n) is 10.1. The van der Waals surface area contributed by atoms with Gasteiger partial charge in [-0.05, 0) is 36.4 Å². The van der Waals surface area contributed by atoms with Crippen molar-refractivity contribution in [3.8, 4) is 5.75 Å². The number of ether oxygens (including phenoxy) is 1. The van der Waals surface area contributed by atoms with Crippen molar-refractivity contribution in [2.45, 2.75) is 13.5 Å². The Hall–Kier alpha value is -3.12. The van der Waals surface area contributed by atoms with Gasteiger partial charge in [0.2, 0.25) is 0 Å². The Morgan fingerprint density at radius 3 is 2.41 bits per heavy atom. The molecule has 2 aromatic carbocycles. The second-order valence-corrected chi connectivity index (χ2v) is 7.11. The van der Waals surface area contributed by atoms with Crippen LogP contribution in [0.5, 0.6) is 5.75 Å². The maximum Gasteiger partial charge on any atom is 0.135 e. The Kier molecular flexibility index (Phi) is 6.22. The Balaban J connectivity index is 1.34. The smallest absolute Gasteiger partial charge is 0.135 e. The van der Waals surface area contributed by atoms with Gasteiger partial charge >= 0.3 is 0 Å². The van der Waals surface area contributed by atoms with Crippen molar-refractivity contribution in [2.75, 3.05) is 42.9 Å². The molecule has 1 aromatic heterocycles. The predicted molar refractivity (Wildman–Crippen MR) is 117 cm³/mol. The molecule has 1 saturated heterocycles. The van der Waals surface area contributed by atoms with E-state index in [1.165, 1.54) is 0 Å². The fourth-order valence-corrected chi connectivity index (χ4v) is 3.40. The maximum absolute atomic E-state index is 5.85. The first-order valence-corrected chi connectivity index (χ1v) is 10.1. The molecule has 0 saturated carbocycles. The van der Waals surface area contributed by atoms with E-state index in [0.717, 1.165) is 61.4 Å². The Morgan fingerprint density at radius 1 is 0.931 bits per heavy atom. The highest BCUT2D eigenvalue weighted by Gasteiger charge is 2.17. The van der Waals surface area contributed by atoms with E-state index in [1.807, 2.05) is 48.5 Å². The third-order valence-corrected chi connectivity index (χ3v) is 5.17. The molecule has 0 unspecified atom stereocenters. The van der Waals surface area contributed by atoms with Crippen molar-refractivity contribution in [3.63, 3.8) is 0 Å². The lowest BCUT2D eigenvalue weighted by atomic mass is 10.2. The average molecular weight is 390 g/mol. The van der Waals surface area contributed by atoms with Crippen molar-refractivity contribution < 1.29 is 4.74 Å². The van der Waals surface area contributed by atoms with Gasteiger partial charge in [0.1, 0.15) is 30.3 Å². The summed E-state index contributed by atoms with van der Waals surface area (Å²) in [5, 5.41) is 3.36. The van der Waals surface area contributed by atoms with E-state index in [0.29, 0.717) is 6.61 Å². The van der Waals surface area contributed by atoms with Crippen LogP contribution in [0.25, 0.3) is 0 Å². The van der Waals surface area contributed by atoms with Gasteiger partial charge in [-0.25, -0.2) is 9.97 Å². The van der Waals surface area contributed by atoms with Crippen LogP contribution in [0.2, 0.25) is 0 Å². The van der Waals surface area contributed by atoms with Gasteiger partial charge in [-0.2, -0.15) is 0 Å². The van der Waals surface area contributed by atoms with E-state index in [1.54, 1.807) is 6.33 Å². The molecular formula is C23H27N5O. The molecule has 1 aliphatic heterocycles. The van der Waals surface area contributed by atoms with Crippen LogP contribution >= 0.6 is 0 Å². The van der Waals surface area contributed by atoms with Crippen LogP contribution in [0.15, 0.2) is 67.0 Å². The highest BCUT2D eigenvalue weighted by Crippen LogP contribution is 2.22. The monoisotopic (exact) mass is 389 g/mol. The number of hydrogen-bond acceptors (Lipinski definition) is 6. The maximum atomic E-state index is 5.85. The fourth-order valence-electron chi connectivity index (χ4n) is 3.40. The molecule has 0 bridgehead atoms. The topological polar surface area (TPSA) is 53.5 Å². The van der Waals surface area contributed by atoms with Crippen molar-refractivity contribution in [2.24, 2.45) is 0 Å². The van der Waals surface area contributed by atoms with E-state index in [4.69, 9.17) is 4.74 Å². The largest absolute Gasteiger partial charge is 0.489 e. The number of piperazine rings is 1. The number of likely N-dealkylation sites (N-methyl/N-ethyl adjacent to an activating group) is 1. The fraction of sp³-hybridized carbons (Fsp3) is 0.304. The zero-order chi connectivity index (χ0) is 19.9. The molecular weight excluding hydrogens is 362 g/mol. The quantitative estimate of drug-likeness (QED) is 0.661. The van der Waals surface area contributed by atoms with Crippen LogP contribution in [-0.2, 0) is 6.61 Å². The van der Waals surface area contributed by atoms with Crippen molar-refractivity contribution in [3.05, 3.63) is 72.6 Å². The molecule has 0 atom stereocenters. The van der Waals surface area contributed by atoms with E-state index < -0.39 is 0 Å². The first kappa shape index (κ1) is 19.2. The summed E-state index contributed by atoms with van der Waals surface area (Å²) in [6, 6.07) is 20.1. The second-order valence-electron chi connectivity index (χ2n) is 7.11. The van der Waals surface area contributed by atoms with Crippen LogP contribution in [0.3, 0.4) is 0 Å². The van der Waals surface area contributed by atoms with Gasteiger partial charge < -0.3 is 19.9 Å². The summed E-state index contributed by atoms with van der Waals surface area (Å²) < 4.78 is 5.85. The van der Waals surface area contributed by atoms with Crippen molar-refractivity contribution in [1.82, 2.24) is 14.9 Å². The normalized spacial score (nSPS) is 14.6. The van der Waals surface area contributed by atoms with E-state index in [9.17, 15) is 0 Å². The lowest BCUT2D eigenvalue weighted by molar-refractivity contribution is 0.270. The molecule has 2 heterocycles. The summed E-state index contributed by atoms with van der Waals surface area (Å²) in [7, 11) is 0. The minimum atomic E-state index is 0.564. The summed E-state index contributed by atoms with van der Waals surface area (Å²) in [4.78, 5) is 13.6. The van der Waals surface area contributed by atoms with Crippen LogP contribution in [0, 0.1) is 0 Å². The first-order chi connectivity index (χ1) is 14.3. The number of rotatable bonds is 7. The average Bonchev–Trinajstić information content (AvgIpc) is 2.79. The van der Waals surface area contributed by atoms with Crippen LogP contribution in [0.1, 0.15) is 12.5 Å². The molecule has 0 amide bonds. The summed E-state index contributed by atoms with van der Waals surface area (Å²) in [6.07, 6.45) is 1.63. The van der Waals surface area contributed by atoms with Gasteiger partial charge in [-0.1, -0.05) is 37.3 Å². The van der Waals surface area contributed by atoms with Crippen LogP contribution < -0.4 is 15.0 Å². The minimum Gasteiger partial charge on any atom is -0.489 e. The zero-order valence-corrected chi connectivity index (χ0v) is 16.8. The lowest BCUT2D eigenvalue weighted by Gasteiger charge is -2.34. The molecule has 1 aliphatic rings. The minimum absolute atomic E-state index is 0.564. The molecule has 1 fully saturated rings. The molecule has 3 aromatic rings. The molecule has 0 spiro atoms. The van der Waals surface area contributed by atoms with E-state index in [2.05, 4.69) is 44.1 Å². The molecule has 0 aliphatic carbocycles. The van der Waals surface area contributed by atoms with Crippen molar-refractivity contribution in [1.29, 1.82) is 0 Å². The number of anilines is 3. The van der Waals surface area contributed by atoms with Crippen LogP contribution in [-0.4, -0.2) is 47.6 Å². The molecule has 6 heteroatoms. The third kappa shape index (κ3) is 5.23. The second kappa shape index (κ2) is 9.39. The summed E-state index contributed by atoms with van der Waals surface area (Å²) >= 11 is 0. The number of nitrogens with zero attached hydrogens (tertiary/aromatic N) is 4. The molecule has 6 nitrogen and oxygen atoms in total. The van der Waals surface area contributed by atoms with Gasteiger partial charge in [0.15, 0.2) is 0 Å². The number of benzene rings is 2. The van der Waals surface area contributed by atoms with Gasteiger partial charge in [-0.3, -0.25) is 0 Å². The van der Waals surface area contributed by atoms with Gasteiger partial charge in [0.25, 0.3) is 0 Å². The zero-order valence-electron chi connectivity index (χ0n) is 16.8. The van der Waals surface area contributed by atoms with E-state index >= 15 is 0 Å². The number of hydrogen-bond donors (Lipinski definition) is 1. The van der Waals surface area contributed by atoms with Gasteiger partial charge in [-0.15, -0.1) is 0 Å². The molecule has 150 valence electrons.